The van der Waals surface area contributed by atoms with Gasteiger partial charge in [-0.15, -0.1) is 0 Å². The molecule has 0 aliphatic carbocycles. The number of rotatable bonds is 4. The van der Waals surface area contributed by atoms with Gasteiger partial charge in [-0.2, -0.15) is 0 Å². The van der Waals surface area contributed by atoms with E-state index in [2.05, 4.69) is 40.7 Å². The standard InChI is InChI=1S/C13H17N3/c1-2-13-15-9-10-16(13)12-5-3-11(4-6-12)7-8-14/h3-6,9-10H,2,7-8,14H2,1H3. The van der Waals surface area contributed by atoms with Crippen LogP contribution in [0.15, 0.2) is 36.7 Å². The van der Waals surface area contributed by atoms with Crippen LogP contribution in [-0.4, -0.2) is 16.1 Å². The number of aromatic nitrogens is 2. The van der Waals surface area contributed by atoms with E-state index in [0.717, 1.165) is 24.4 Å². The van der Waals surface area contributed by atoms with Crippen molar-refractivity contribution < 1.29 is 0 Å². The van der Waals surface area contributed by atoms with Crippen molar-refractivity contribution in [2.45, 2.75) is 19.8 Å². The van der Waals surface area contributed by atoms with Crippen LogP contribution in [0.5, 0.6) is 0 Å². The van der Waals surface area contributed by atoms with E-state index >= 15 is 0 Å². The Bertz CT molecular complexity index is 442. The third-order valence-electron chi connectivity index (χ3n) is 2.68. The Hall–Kier alpha value is -1.61. The fourth-order valence-electron chi connectivity index (χ4n) is 1.82. The van der Waals surface area contributed by atoms with Gasteiger partial charge < -0.3 is 10.3 Å². The first-order valence-corrected chi connectivity index (χ1v) is 5.66. The summed E-state index contributed by atoms with van der Waals surface area (Å²) >= 11 is 0. The molecule has 0 atom stereocenters. The molecule has 16 heavy (non-hydrogen) atoms. The summed E-state index contributed by atoms with van der Waals surface area (Å²) in [6.45, 7) is 2.81. The molecule has 0 bridgehead atoms. The van der Waals surface area contributed by atoms with E-state index in [4.69, 9.17) is 5.73 Å². The summed E-state index contributed by atoms with van der Waals surface area (Å²) in [4.78, 5) is 4.31. The minimum absolute atomic E-state index is 0.699. The molecule has 0 saturated carbocycles. The van der Waals surface area contributed by atoms with Crippen molar-refractivity contribution >= 4 is 0 Å². The van der Waals surface area contributed by atoms with Gasteiger partial charge in [-0.05, 0) is 30.7 Å². The van der Waals surface area contributed by atoms with E-state index in [9.17, 15) is 0 Å². The SMILES string of the molecule is CCc1nccn1-c1ccc(CCN)cc1. The number of benzene rings is 1. The van der Waals surface area contributed by atoms with Crippen molar-refractivity contribution in [2.24, 2.45) is 5.73 Å². The first-order chi connectivity index (χ1) is 7.85. The molecule has 0 unspecified atom stereocenters. The lowest BCUT2D eigenvalue weighted by molar-refractivity contribution is 0.889. The van der Waals surface area contributed by atoms with Crippen molar-refractivity contribution in [1.82, 2.24) is 9.55 Å². The second-order valence-electron chi connectivity index (χ2n) is 3.77. The molecule has 1 aromatic carbocycles. The van der Waals surface area contributed by atoms with Crippen LogP contribution in [-0.2, 0) is 12.8 Å². The molecule has 84 valence electrons. The quantitative estimate of drug-likeness (QED) is 0.847. The van der Waals surface area contributed by atoms with Crippen molar-refractivity contribution in [2.75, 3.05) is 6.54 Å². The highest BCUT2D eigenvalue weighted by atomic mass is 15.1. The fraction of sp³-hybridized carbons (Fsp3) is 0.308. The first-order valence-electron chi connectivity index (χ1n) is 5.66. The second kappa shape index (κ2) is 4.94. The predicted molar refractivity (Wildman–Crippen MR) is 65.7 cm³/mol. The van der Waals surface area contributed by atoms with Crippen molar-refractivity contribution in [1.29, 1.82) is 0 Å². The van der Waals surface area contributed by atoms with E-state index in [0.29, 0.717) is 6.54 Å². The minimum Gasteiger partial charge on any atom is -0.330 e. The maximum Gasteiger partial charge on any atom is 0.112 e. The molecule has 3 heteroatoms. The monoisotopic (exact) mass is 215 g/mol. The van der Waals surface area contributed by atoms with E-state index in [-0.39, 0.29) is 0 Å². The average Bonchev–Trinajstić information content (AvgIpc) is 2.78. The van der Waals surface area contributed by atoms with E-state index < -0.39 is 0 Å². The molecule has 2 rings (SSSR count). The summed E-state index contributed by atoms with van der Waals surface area (Å²) in [7, 11) is 0. The largest absolute Gasteiger partial charge is 0.330 e. The van der Waals surface area contributed by atoms with E-state index in [1.54, 1.807) is 0 Å². The summed E-state index contributed by atoms with van der Waals surface area (Å²) in [5.41, 5.74) is 7.97. The fourth-order valence-corrected chi connectivity index (χ4v) is 1.82. The molecule has 0 aliphatic rings. The highest BCUT2D eigenvalue weighted by Gasteiger charge is 2.02. The Labute approximate surface area is 95.9 Å². The second-order valence-corrected chi connectivity index (χ2v) is 3.77. The topological polar surface area (TPSA) is 43.8 Å². The molecule has 0 saturated heterocycles. The van der Waals surface area contributed by atoms with Crippen molar-refractivity contribution in [3.63, 3.8) is 0 Å². The third kappa shape index (κ3) is 2.14. The smallest absolute Gasteiger partial charge is 0.112 e. The number of aryl methyl sites for hydroxylation is 1. The van der Waals surface area contributed by atoms with Crippen LogP contribution >= 0.6 is 0 Å². The molecule has 1 aromatic heterocycles. The lowest BCUT2D eigenvalue weighted by Gasteiger charge is -2.07. The summed E-state index contributed by atoms with van der Waals surface area (Å²) < 4.78 is 2.12. The Balaban J connectivity index is 2.27. The van der Waals surface area contributed by atoms with Crippen LogP contribution in [0, 0.1) is 0 Å². The maximum absolute atomic E-state index is 5.52. The molecular formula is C13H17N3. The zero-order valence-electron chi connectivity index (χ0n) is 9.56. The van der Waals surface area contributed by atoms with E-state index in [1.807, 2.05) is 12.4 Å². The Morgan fingerprint density at radius 2 is 2.00 bits per heavy atom. The number of imidazole rings is 1. The van der Waals surface area contributed by atoms with Crippen molar-refractivity contribution in [3.8, 4) is 5.69 Å². The molecule has 0 amide bonds. The highest BCUT2D eigenvalue weighted by molar-refractivity contribution is 5.36. The van der Waals surface area contributed by atoms with Gasteiger partial charge in [0.25, 0.3) is 0 Å². The average molecular weight is 215 g/mol. The van der Waals surface area contributed by atoms with Crippen LogP contribution in [0.25, 0.3) is 5.69 Å². The summed E-state index contributed by atoms with van der Waals surface area (Å²) in [6, 6.07) is 8.49. The van der Waals surface area contributed by atoms with Crippen LogP contribution in [0.2, 0.25) is 0 Å². The highest BCUT2D eigenvalue weighted by Crippen LogP contribution is 2.12. The number of hydrogen-bond donors (Lipinski definition) is 1. The Morgan fingerprint density at radius 1 is 1.25 bits per heavy atom. The van der Waals surface area contributed by atoms with Gasteiger partial charge in [0.15, 0.2) is 0 Å². The zero-order chi connectivity index (χ0) is 11.4. The Morgan fingerprint density at radius 3 is 2.62 bits per heavy atom. The molecule has 0 aliphatic heterocycles. The molecule has 3 nitrogen and oxygen atoms in total. The molecule has 2 aromatic rings. The maximum atomic E-state index is 5.52. The summed E-state index contributed by atoms with van der Waals surface area (Å²) in [6.07, 6.45) is 5.71. The van der Waals surface area contributed by atoms with Crippen LogP contribution in [0.3, 0.4) is 0 Å². The summed E-state index contributed by atoms with van der Waals surface area (Å²) in [5, 5.41) is 0. The molecule has 0 spiro atoms. The van der Waals surface area contributed by atoms with Crippen LogP contribution in [0.1, 0.15) is 18.3 Å². The van der Waals surface area contributed by atoms with E-state index in [1.165, 1.54) is 5.56 Å². The van der Waals surface area contributed by atoms with Gasteiger partial charge in [0, 0.05) is 24.5 Å². The first kappa shape index (κ1) is 10.9. The lowest BCUT2D eigenvalue weighted by Crippen LogP contribution is -2.03. The van der Waals surface area contributed by atoms with Gasteiger partial charge in [-0.25, -0.2) is 4.98 Å². The van der Waals surface area contributed by atoms with Gasteiger partial charge in [-0.1, -0.05) is 19.1 Å². The number of hydrogen-bond acceptors (Lipinski definition) is 2. The molecule has 2 N–H and O–H groups in total. The van der Waals surface area contributed by atoms with Crippen LogP contribution in [0.4, 0.5) is 0 Å². The van der Waals surface area contributed by atoms with Gasteiger partial charge >= 0.3 is 0 Å². The normalized spacial score (nSPS) is 10.6. The van der Waals surface area contributed by atoms with Gasteiger partial charge in [0.2, 0.25) is 0 Å². The molecule has 1 heterocycles. The number of nitrogens with two attached hydrogens (primary N) is 1. The lowest BCUT2D eigenvalue weighted by atomic mass is 10.1. The van der Waals surface area contributed by atoms with Crippen LogP contribution < -0.4 is 5.73 Å². The van der Waals surface area contributed by atoms with Gasteiger partial charge in [-0.3, -0.25) is 0 Å². The molecule has 0 radical (unpaired) electrons. The zero-order valence-corrected chi connectivity index (χ0v) is 9.56. The predicted octanol–water partition coefficient (Wildman–Crippen LogP) is 1.94. The Kier molecular flexibility index (Phi) is 3.37. The minimum atomic E-state index is 0.699. The third-order valence-corrected chi connectivity index (χ3v) is 2.68. The van der Waals surface area contributed by atoms with Gasteiger partial charge in [0.05, 0.1) is 0 Å². The summed E-state index contributed by atoms with van der Waals surface area (Å²) in [5.74, 6) is 1.09. The molecular weight excluding hydrogens is 198 g/mol. The van der Waals surface area contributed by atoms with Gasteiger partial charge in [0.1, 0.15) is 5.82 Å². The molecule has 0 fully saturated rings. The van der Waals surface area contributed by atoms with Crippen molar-refractivity contribution in [3.05, 3.63) is 48.0 Å². The number of nitrogens with zero attached hydrogens (tertiary/aromatic N) is 2.